The van der Waals surface area contributed by atoms with E-state index < -0.39 is 41.0 Å². The molecule has 2 aliphatic heterocycles. The topological polar surface area (TPSA) is 96.9 Å². The summed E-state index contributed by atoms with van der Waals surface area (Å²) in [4.78, 5) is 40.4. The lowest BCUT2D eigenvalue weighted by molar-refractivity contribution is -0.144. The Morgan fingerprint density at radius 2 is 2.00 bits per heavy atom. The van der Waals surface area contributed by atoms with Crippen LogP contribution in [0.1, 0.15) is 39.0 Å². The lowest BCUT2D eigenvalue weighted by atomic mass is 9.93. The zero-order valence-electron chi connectivity index (χ0n) is 13.8. The number of likely N-dealkylation sites (tertiary alicyclic amines) is 1. The zero-order chi connectivity index (χ0) is 18.6. The maximum atomic E-state index is 14.2. The lowest BCUT2D eigenvalue weighted by Crippen LogP contribution is -2.55. The highest BCUT2D eigenvalue weighted by molar-refractivity contribution is 6.05. The van der Waals surface area contributed by atoms with Gasteiger partial charge in [-0.05, 0) is 32.6 Å². The van der Waals surface area contributed by atoms with E-state index in [-0.39, 0.29) is 31.4 Å². The number of amides is 3. The van der Waals surface area contributed by atoms with Gasteiger partial charge in [-0.1, -0.05) is 5.84 Å². The maximum absolute atomic E-state index is 14.2. The molecule has 134 valence electrons. The molecule has 0 spiro atoms. The molecule has 0 saturated carbocycles. The first kappa shape index (κ1) is 18.6. The van der Waals surface area contributed by atoms with Crippen LogP contribution in [0.5, 0.6) is 0 Å². The average Bonchev–Trinajstić information content (AvgIpc) is 2.52. The Bertz CT molecular complexity index is 729. The summed E-state index contributed by atoms with van der Waals surface area (Å²) in [6.07, 6.45) is 1.33. The van der Waals surface area contributed by atoms with Crippen LogP contribution in [-0.4, -0.2) is 35.2 Å². The number of carbonyl (C=O) groups excluding carboxylic acids is 3. The normalized spacial score (nSPS) is 26.1. The van der Waals surface area contributed by atoms with Gasteiger partial charge in [0.05, 0.1) is 10.5 Å². The molecule has 2 heterocycles. The van der Waals surface area contributed by atoms with Crippen LogP contribution in [0.2, 0.25) is 0 Å². The number of hydrogen-bond acceptors (Lipinski definition) is 4. The molecule has 2 rings (SSSR count). The van der Waals surface area contributed by atoms with Crippen LogP contribution in [0.15, 0.2) is 22.8 Å². The number of imide groups is 1. The Kier molecular flexibility index (Phi) is 5.85. The van der Waals surface area contributed by atoms with Gasteiger partial charge in [-0.25, -0.2) is 4.39 Å². The number of nitrogens with zero attached hydrogens (tertiary/aromatic N) is 2. The number of piperidine rings is 1. The van der Waals surface area contributed by atoms with Gasteiger partial charge in [0.1, 0.15) is 11.9 Å². The fourth-order valence-corrected chi connectivity index (χ4v) is 3.06. The van der Waals surface area contributed by atoms with Crippen molar-refractivity contribution < 1.29 is 23.2 Å². The van der Waals surface area contributed by atoms with E-state index >= 15 is 0 Å². The molecule has 0 bridgehead atoms. The summed E-state index contributed by atoms with van der Waals surface area (Å²) in [5, 5.41) is 2.17. The second-order valence-electron chi connectivity index (χ2n) is 5.86. The summed E-state index contributed by atoms with van der Waals surface area (Å²) in [5.41, 5.74) is -0.616. The van der Waals surface area contributed by atoms with Crippen LogP contribution in [-0.2, 0) is 14.4 Å². The summed E-state index contributed by atoms with van der Waals surface area (Å²) in [7, 11) is 0. The maximum Gasteiger partial charge on any atom is 0.388 e. The SMILES string of the molecule is C/C(F)=C1/C(=O)N(C2CCC(=O)NC2=O)CCCC/C1=C(\F)C#[N+]N. The standard InChI is InChI=1S/C16H18F2N4O3/c1-9(17)14-10(11(18)8-20-19)4-2-3-7-22(16(14)25)12-5-6-13(23)21-15(12)24/h12H,2-7,19H2,1H3/p+1/b11-10+,14-9-. The molecular formula is C16H19F2N4O3+. The predicted molar refractivity (Wildman–Crippen MR) is 85.1 cm³/mol. The van der Waals surface area contributed by atoms with Crippen LogP contribution in [0.4, 0.5) is 8.78 Å². The third kappa shape index (κ3) is 4.02. The van der Waals surface area contributed by atoms with E-state index in [1.54, 1.807) is 0 Å². The number of carbonyl (C=O) groups is 3. The lowest BCUT2D eigenvalue weighted by Gasteiger charge is -2.35. The number of rotatable bonds is 1. The largest absolute Gasteiger partial charge is 0.388 e. The van der Waals surface area contributed by atoms with Crippen molar-refractivity contribution in [3.05, 3.63) is 27.8 Å². The Morgan fingerprint density at radius 1 is 1.28 bits per heavy atom. The van der Waals surface area contributed by atoms with Crippen LogP contribution < -0.4 is 11.2 Å². The molecule has 1 unspecified atom stereocenters. The first-order chi connectivity index (χ1) is 11.9. The Balaban J connectivity index is 2.45. The third-order valence-electron chi connectivity index (χ3n) is 4.21. The summed E-state index contributed by atoms with van der Waals surface area (Å²) in [6.45, 7) is 1.26. The molecular weight excluding hydrogens is 334 g/mol. The monoisotopic (exact) mass is 353 g/mol. The molecule has 2 aliphatic rings. The van der Waals surface area contributed by atoms with Crippen molar-refractivity contribution in [3.63, 3.8) is 0 Å². The van der Waals surface area contributed by atoms with Crippen molar-refractivity contribution in [1.82, 2.24) is 10.2 Å². The minimum absolute atomic E-state index is 0.0819. The number of allylic oxidation sites excluding steroid dienone is 2. The molecule has 2 fully saturated rings. The van der Waals surface area contributed by atoms with E-state index in [4.69, 9.17) is 5.84 Å². The van der Waals surface area contributed by atoms with E-state index in [9.17, 15) is 23.2 Å². The first-order valence-electron chi connectivity index (χ1n) is 7.92. The number of nitrogens with two attached hydrogens (primary N) is 1. The van der Waals surface area contributed by atoms with Crippen molar-refractivity contribution >= 4 is 17.7 Å². The van der Waals surface area contributed by atoms with Crippen molar-refractivity contribution in [2.24, 2.45) is 5.84 Å². The highest BCUT2D eigenvalue weighted by atomic mass is 19.1. The summed E-state index contributed by atoms with van der Waals surface area (Å²) >= 11 is 0. The van der Waals surface area contributed by atoms with Gasteiger partial charge in [0.2, 0.25) is 11.8 Å². The van der Waals surface area contributed by atoms with Crippen LogP contribution >= 0.6 is 0 Å². The van der Waals surface area contributed by atoms with Gasteiger partial charge >= 0.3 is 6.07 Å². The smallest absolute Gasteiger partial charge is 0.326 e. The van der Waals surface area contributed by atoms with Gasteiger partial charge < -0.3 is 4.90 Å². The summed E-state index contributed by atoms with van der Waals surface area (Å²) in [6, 6.07) is 1.00. The number of hydrogen-bond donors (Lipinski definition) is 2. The second-order valence-corrected chi connectivity index (χ2v) is 5.86. The molecule has 3 amide bonds. The summed E-state index contributed by atoms with van der Waals surface area (Å²) in [5.74, 6) is 1.19. The van der Waals surface area contributed by atoms with E-state index in [0.29, 0.717) is 12.8 Å². The van der Waals surface area contributed by atoms with Crippen molar-refractivity contribution in [2.45, 2.75) is 45.1 Å². The van der Waals surface area contributed by atoms with Gasteiger partial charge in [0, 0.05) is 18.5 Å². The minimum Gasteiger partial charge on any atom is -0.326 e. The fourth-order valence-electron chi connectivity index (χ4n) is 3.06. The molecule has 7 nitrogen and oxygen atoms in total. The van der Waals surface area contributed by atoms with Crippen molar-refractivity contribution in [3.8, 4) is 6.07 Å². The van der Waals surface area contributed by atoms with Gasteiger partial charge in [-0.2, -0.15) is 4.39 Å². The van der Waals surface area contributed by atoms with E-state index in [1.807, 2.05) is 6.07 Å². The molecule has 0 radical (unpaired) electrons. The first-order valence-corrected chi connectivity index (χ1v) is 7.92. The average molecular weight is 353 g/mol. The van der Waals surface area contributed by atoms with Crippen molar-refractivity contribution in [2.75, 3.05) is 6.54 Å². The van der Waals surface area contributed by atoms with Crippen LogP contribution in [0.3, 0.4) is 0 Å². The zero-order valence-corrected chi connectivity index (χ0v) is 13.8. The Labute approximate surface area is 143 Å². The number of halogens is 2. The molecule has 2 saturated heterocycles. The molecule has 1 atom stereocenters. The second kappa shape index (κ2) is 7.88. The minimum atomic E-state index is -1.01. The number of nitrogens with one attached hydrogen (secondary N) is 1. The Morgan fingerprint density at radius 3 is 2.60 bits per heavy atom. The van der Waals surface area contributed by atoms with E-state index in [0.717, 1.165) is 6.92 Å². The molecule has 0 aromatic rings. The van der Waals surface area contributed by atoms with Gasteiger partial charge in [0.15, 0.2) is 0 Å². The van der Waals surface area contributed by atoms with E-state index in [1.165, 1.54) is 4.90 Å². The molecule has 0 aliphatic carbocycles. The summed E-state index contributed by atoms with van der Waals surface area (Å²) < 4.78 is 28.3. The fraction of sp³-hybridized carbons (Fsp3) is 0.500. The van der Waals surface area contributed by atoms with Crippen molar-refractivity contribution in [1.29, 1.82) is 0 Å². The molecule has 0 aromatic carbocycles. The molecule has 3 N–H and O–H groups in total. The molecule has 0 aromatic heterocycles. The Hall–Kier alpha value is -2.76. The quantitative estimate of drug-likeness (QED) is 0.245. The van der Waals surface area contributed by atoms with Crippen LogP contribution in [0, 0.1) is 6.07 Å². The molecule has 9 heteroatoms. The van der Waals surface area contributed by atoms with Crippen LogP contribution in [0.25, 0.3) is 4.95 Å². The molecule has 25 heavy (non-hydrogen) atoms. The third-order valence-corrected chi connectivity index (χ3v) is 4.21. The van der Waals surface area contributed by atoms with E-state index in [2.05, 4.69) is 10.3 Å². The highest BCUT2D eigenvalue weighted by Crippen LogP contribution is 2.31. The predicted octanol–water partition coefficient (Wildman–Crippen LogP) is 1.48. The van der Waals surface area contributed by atoms with Gasteiger partial charge in [-0.15, -0.1) is 0 Å². The van der Waals surface area contributed by atoms with Gasteiger partial charge in [0.25, 0.3) is 11.7 Å². The highest BCUT2D eigenvalue weighted by Gasteiger charge is 2.38. The van der Waals surface area contributed by atoms with Gasteiger partial charge in [-0.3, -0.25) is 19.7 Å².